The monoisotopic (exact) mass is 407 g/mol. The highest BCUT2D eigenvalue weighted by atomic mass is 79.9. The number of carbonyl (C=O) groups is 1. The number of hydrogen-bond donors (Lipinski definition) is 1. The summed E-state index contributed by atoms with van der Waals surface area (Å²) in [5.74, 6) is -0.331. The number of carbonyl (C=O) groups excluding carboxylic acids is 1. The number of alkyl halides is 3. The first-order valence-electron chi connectivity index (χ1n) is 7.35. The summed E-state index contributed by atoms with van der Waals surface area (Å²) >= 11 is 3.27. The van der Waals surface area contributed by atoms with Gasteiger partial charge in [-0.3, -0.25) is 14.2 Å². The van der Waals surface area contributed by atoms with E-state index in [0.717, 1.165) is 6.07 Å². The molecule has 0 spiro atoms. The van der Waals surface area contributed by atoms with Crippen LogP contribution in [0.3, 0.4) is 0 Å². The third-order valence-electron chi connectivity index (χ3n) is 3.36. The average Bonchev–Trinajstić information content (AvgIpc) is 3.06. The van der Waals surface area contributed by atoms with Gasteiger partial charge in [-0.15, -0.1) is 0 Å². The van der Waals surface area contributed by atoms with Crippen molar-refractivity contribution in [2.75, 3.05) is 6.54 Å². The van der Waals surface area contributed by atoms with Gasteiger partial charge in [0.2, 0.25) is 0 Å². The molecule has 0 aliphatic heterocycles. The van der Waals surface area contributed by atoms with Gasteiger partial charge < -0.3 is 5.32 Å². The Kier molecular flexibility index (Phi) is 5.68. The van der Waals surface area contributed by atoms with Crippen molar-refractivity contribution in [1.82, 2.24) is 24.9 Å². The Hall–Kier alpha value is -1.84. The minimum absolute atomic E-state index is 0.284. The zero-order valence-electron chi connectivity index (χ0n) is 13.2. The van der Waals surface area contributed by atoms with Gasteiger partial charge in [0.25, 0.3) is 5.91 Å². The molecule has 2 aromatic heterocycles. The topological polar surface area (TPSA) is 64.7 Å². The van der Waals surface area contributed by atoms with E-state index in [1.54, 1.807) is 17.8 Å². The van der Waals surface area contributed by atoms with E-state index in [2.05, 4.69) is 31.4 Å². The largest absolute Gasteiger partial charge is 0.435 e. The molecule has 0 saturated carbocycles. The summed E-state index contributed by atoms with van der Waals surface area (Å²) in [7, 11) is 0. The molecule has 1 amide bonds. The molecule has 10 heteroatoms. The fraction of sp³-hybridized carbons (Fsp3) is 0.500. The van der Waals surface area contributed by atoms with Crippen LogP contribution in [0.1, 0.15) is 35.2 Å². The fourth-order valence-corrected chi connectivity index (χ4v) is 2.60. The number of aryl methyl sites for hydroxylation is 3. The lowest BCUT2D eigenvalue weighted by atomic mass is 10.3. The lowest BCUT2D eigenvalue weighted by Gasteiger charge is -2.06. The van der Waals surface area contributed by atoms with Crippen molar-refractivity contribution in [3.63, 3.8) is 0 Å². The number of halogens is 4. The van der Waals surface area contributed by atoms with Gasteiger partial charge in [0.05, 0.1) is 4.47 Å². The van der Waals surface area contributed by atoms with Crippen molar-refractivity contribution >= 4 is 21.8 Å². The van der Waals surface area contributed by atoms with Crippen LogP contribution >= 0.6 is 15.9 Å². The van der Waals surface area contributed by atoms with Crippen molar-refractivity contribution in [1.29, 1.82) is 0 Å². The first kappa shape index (κ1) is 18.5. The Balaban J connectivity index is 1.86. The molecule has 132 valence electrons. The van der Waals surface area contributed by atoms with Crippen LogP contribution in [0, 0.1) is 6.92 Å². The molecule has 0 atom stereocenters. The van der Waals surface area contributed by atoms with Crippen LogP contribution in [-0.2, 0) is 19.3 Å². The van der Waals surface area contributed by atoms with E-state index in [1.807, 2.05) is 6.92 Å². The molecule has 0 aliphatic carbocycles. The van der Waals surface area contributed by atoms with Gasteiger partial charge >= 0.3 is 6.18 Å². The molecule has 0 unspecified atom stereocenters. The zero-order chi connectivity index (χ0) is 17.9. The molecule has 2 aromatic rings. The molecule has 24 heavy (non-hydrogen) atoms. The van der Waals surface area contributed by atoms with Gasteiger partial charge in [-0.1, -0.05) is 0 Å². The normalized spacial score (nSPS) is 11.8. The first-order chi connectivity index (χ1) is 11.2. The van der Waals surface area contributed by atoms with Gasteiger partial charge in [-0.25, -0.2) is 0 Å². The smallest absolute Gasteiger partial charge is 0.351 e. The minimum atomic E-state index is -4.45. The molecular formula is C14H17BrF3N5O. The highest BCUT2D eigenvalue weighted by molar-refractivity contribution is 9.10. The third kappa shape index (κ3) is 4.37. The summed E-state index contributed by atoms with van der Waals surface area (Å²) in [5.41, 5.74) is -0.192. The maximum absolute atomic E-state index is 12.6. The van der Waals surface area contributed by atoms with Gasteiger partial charge in [-0.05, 0) is 42.3 Å². The van der Waals surface area contributed by atoms with Crippen LogP contribution in [0.2, 0.25) is 0 Å². The van der Waals surface area contributed by atoms with Crippen LogP contribution < -0.4 is 5.32 Å². The number of amides is 1. The van der Waals surface area contributed by atoms with Crippen LogP contribution in [0.5, 0.6) is 0 Å². The Morgan fingerprint density at radius 2 is 2.08 bits per heavy atom. The summed E-state index contributed by atoms with van der Waals surface area (Å²) in [5, 5.41) is 10.4. The number of hydrogen-bond acceptors (Lipinski definition) is 3. The molecule has 0 aromatic carbocycles. The predicted octanol–water partition coefficient (Wildman–Crippen LogP) is 3.01. The summed E-state index contributed by atoms with van der Waals surface area (Å²) in [6.45, 7) is 4.71. The van der Waals surface area contributed by atoms with Gasteiger partial charge in [0.15, 0.2) is 11.4 Å². The number of nitrogens with zero attached hydrogens (tertiary/aromatic N) is 4. The standard InChI is InChI=1S/C14H17BrF3N5O/c1-3-22-8-10(15)12(21-22)13(24)19-5-4-6-23-9(2)7-11(20-23)14(16,17)18/h7-8H,3-6H2,1-2H3,(H,19,24). The molecule has 0 bridgehead atoms. The van der Waals surface area contributed by atoms with E-state index in [1.165, 1.54) is 4.68 Å². The summed E-state index contributed by atoms with van der Waals surface area (Å²) < 4.78 is 41.3. The van der Waals surface area contributed by atoms with E-state index >= 15 is 0 Å². The van der Waals surface area contributed by atoms with Crippen LogP contribution in [0.25, 0.3) is 0 Å². The number of nitrogens with one attached hydrogen (secondary N) is 1. The predicted molar refractivity (Wildman–Crippen MR) is 84.5 cm³/mol. The summed E-state index contributed by atoms with van der Waals surface area (Å²) in [6.07, 6.45) is -2.28. The van der Waals surface area contributed by atoms with E-state index in [-0.39, 0.29) is 18.1 Å². The quantitative estimate of drug-likeness (QED) is 0.748. The molecule has 0 fully saturated rings. The first-order valence-corrected chi connectivity index (χ1v) is 8.14. The molecule has 0 aliphatic rings. The summed E-state index contributed by atoms with van der Waals surface area (Å²) in [4.78, 5) is 12.0. The third-order valence-corrected chi connectivity index (χ3v) is 3.94. The lowest BCUT2D eigenvalue weighted by Crippen LogP contribution is -2.26. The molecular weight excluding hydrogens is 391 g/mol. The Labute approximate surface area is 145 Å². The lowest BCUT2D eigenvalue weighted by molar-refractivity contribution is -0.141. The molecule has 2 heterocycles. The Morgan fingerprint density at radius 3 is 2.62 bits per heavy atom. The highest BCUT2D eigenvalue weighted by Gasteiger charge is 2.34. The number of aromatic nitrogens is 4. The molecule has 6 nitrogen and oxygen atoms in total. The fourth-order valence-electron chi connectivity index (χ4n) is 2.10. The molecule has 2 rings (SSSR count). The Bertz CT molecular complexity index is 723. The van der Waals surface area contributed by atoms with E-state index < -0.39 is 11.9 Å². The number of rotatable bonds is 6. The SMILES string of the molecule is CCn1cc(Br)c(C(=O)NCCCn2nc(C(F)(F)F)cc2C)n1. The second-order valence-corrected chi connectivity index (χ2v) is 6.04. The van der Waals surface area contributed by atoms with Crippen molar-refractivity contribution < 1.29 is 18.0 Å². The molecule has 0 saturated heterocycles. The second kappa shape index (κ2) is 7.37. The molecule has 1 N–H and O–H groups in total. The van der Waals surface area contributed by atoms with Crippen molar-refractivity contribution in [2.24, 2.45) is 0 Å². The minimum Gasteiger partial charge on any atom is -0.351 e. The summed E-state index contributed by atoms with van der Waals surface area (Å²) in [6, 6.07) is 1.01. The van der Waals surface area contributed by atoms with Gasteiger partial charge in [0.1, 0.15) is 0 Å². The van der Waals surface area contributed by atoms with Crippen molar-refractivity contribution in [2.45, 2.75) is 39.5 Å². The van der Waals surface area contributed by atoms with Gasteiger partial charge in [-0.2, -0.15) is 23.4 Å². The Morgan fingerprint density at radius 1 is 1.38 bits per heavy atom. The van der Waals surface area contributed by atoms with E-state index in [4.69, 9.17) is 0 Å². The van der Waals surface area contributed by atoms with Gasteiger partial charge in [0, 0.05) is 31.5 Å². The van der Waals surface area contributed by atoms with Crippen LogP contribution in [-0.4, -0.2) is 32.0 Å². The van der Waals surface area contributed by atoms with Crippen molar-refractivity contribution in [3.8, 4) is 0 Å². The van der Waals surface area contributed by atoms with Crippen molar-refractivity contribution in [3.05, 3.63) is 33.8 Å². The van der Waals surface area contributed by atoms with Crippen LogP contribution in [0.4, 0.5) is 13.2 Å². The van der Waals surface area contributed by atoms with E-state index in [9.17, 15) is 18.0 Å². The average molecular weight is 408 g/mol. The highest BCUT2D eigenvalue weighted by Crippen LogP contribution is 2.28. The van der Waals surface area contributed by atoms with E-state index in [0.29, 0.717) is 29.7 Å². The second-order valence-electron chi connectivity index (χ2n) is 5.18. The maximum atomic E-state index is 12.6. The molecule has 0 radical (unpaired) electrons. The maximum Gasteiger partial charge on any atom is 0.435 e. The van der Waals surface area contributed by atoms with Crippen LogP contribution in [0.15, 0.2) is 16.7 Å². The zero-order valence-corrected chi connectivity index (χ0v) is 14.8.